The number of rotatable bonds is 3. The summed E-state index contributed by atoms with van der Waals surface area (Å²) >= 11 is 0. The van der Waals surface area contributed by atoms with Gasteiger partial charge in [-0.15, -0.1) is 0 Å². The first-order valence-electron chi connectivity index (χ1n) is 8.08. The van der Waals surface area contributed by atoms with E-state index in [9.17, 15) is 4.79 Å². The molecular weight excluding hydrogens is 300 g/mol. The lowest BCUT2D eigenvalue weighted by molar-refractivity contribution is 0.102. The molecule has 0 atom stereocenters. The third kappa shape index (κ3) is 4.54. The van der Waals surface area contributed by atoms with Crippen molar-refractivity contribution in [3.05, 3.63) is 46.3 Å². The molecule has 1 aromatic carbocycles. The Bertz CT molecular complexity index is 752. The van der Waals surface area contributed by atoms with Crippen molar-refractivity contribution in [3.63, 3.8) is 0 Å². The molecule has 128 valence electrons. The van der Waals surface area contributed by atoms with Gasteiger partial charge in [-0.3, -0.25) is 4.79 Å². The topological polar surface area (TPSA) is 66.9 Å². The highest BCUT2D eigenvalue weighted by Crippen LogP contribution is 2.22. The van der Waals surface area contributed by atoms with Gasteiger partial charge in [0.15, 0.2) is 0 Å². The van der Waals surface area contributed by atoms with Gasteiger partial charge in [-0.1, -0.05) is 17.7 Å². The Hall–Kier alpha value is -2.43. The molecule has 0 saturated carbocycles. The average molecular weight is 326 g/mol. The lowest BCUT2D eigenvalue weighted by atomic mass is 10.0. The van der Waals surface area contributed by atoms with Gasteiger partial charge in [0, 0.05) is 16.9 Å². The molecule has 2 rings (SSSR count). The summed E-state index contributed by atoms with van der Waals surface area (Å²) in [6, 6.07) is 5.81. The van der Waals surface area contributed by atoms with Crippen LogP contribution in [0.2, 0.25) is 0 Å². The predicted molar refractivity (Wildman–Crippen MR) is 98.8 cm³/mol. The number of nitrogens with one attached hydrogen (secondary N) is 2. The highest BCUT2D eigenvalue weighted by atomic mass is 16.1. The van der Waals surface area contributed by atoms with E-state index in [0.717, 1.165) is 22.5 Å². The van der Waals surface area contributed by atoms with Crippen molar-refractivity contribution in [1.29, 1.82) is 0 Å². The molecule has 2 N–H and O–H groups in total. The van der Waals surface area contributed by atoms with Crippen LogP contribution in [0.4, 0.5) is 11.6 Å². The fraction of sp³-hybridized carbons (Fsp3) is 0.421. The fourth-order valence-corrected chi connectivity index (χ4v) is 2.63. The Morgan fingerprint density at radius 1 is 0.958 bits per heavy atom. The van der Waals surface area contributed by atoms with E-state index in [1.54, 1.807) is 6.07 Å². The Morgan fingerprint density at radius 2 is 1.54 bits per heavy atom. The fourth-order valence-electron chi connectivity index (χ4n) is 2.63. The molecule has 0 unspecified atom stereocenters. The second-order valence-corrected chi connectivity index (χ2v) is 7.32. The number of amides is 1. The molecule has 2 aromatic rings. The minimum atomic E-state index is -0.229. The van der Waals surface area contributed by atoms with Gasteiger partial charge in [0.25, 0.3) is 5.91 Å². The van der Waals surface area contributed by atoms with Crippen LogP contribution < -0.4 is 10.6 Å². The van der Waals surface area contributed by atoms with Gasteiger partial charge < -0.3 is 10.6 Å². The maximum atomic E-state index is 12.6. The second kappa shape index (κ2) is 6.59. The molecule has 5 nitrogen and oxygen atoms in total. The zero-order valence-corrected chi connectivity index (χ0v) is 15.5. The van der Waals surface area contributed by atoms with E-state index >= 15 is 0 Å². The molecule has 0 aliphatic rings. The third-order valence-corrected chi connectivity index (χ3v) is 3.49. The number of aromatic nitrogens is 2. The van der Waals surface area contributed by atoms with E-state index in [0.29, 0.717) is 11.6 Å². The highest BCUT2D eigenvalue weighted by Gasteiger charge is 2.16. The molecule has 0 radical (unpaired) electrons. The molecule has 0 saturated heterocycles. The van der Waals surface area contributed by atoms with Gasteiger partial charge in [0.2, 0.25) is 5.95 Å². The molecule has 1 amide bonds. The summed E-state index contributed by atoms with van der Waals surface area (Å²) in [5.41, 5.74) is 5.03. The molecular formula is C19H26N4O. The number of benzene rings is 1. The normalized spacial score (nSPS) is 11.3. The first-order chi connectivity index (χ1) is 11.0. The number of hydrogen-bond acceptors (Lipinski definition) is 4. The zero-order valence-electron chi connectivity index (χ0n) is 15.5. The van der Waals surface area contributed by atoms with Gasteiger partial charge in [-0.25, -0.2) is 9.97 Å². The lowest BCUT2D eigenvalue weighted by Gasteiger charge is -2.21. The van der Waals surface area contributed by atoms with Crippen molar-refractivity contribution in [2.75, 3.05) is 10.6 Å². The summed E-state index contributed by atoms with van der Waals surface area (Å²) in [6.45, 7) is 14.0. The van der Waals surface area contributed by atoms with Gasteiger partial charge >= 0.3 is 0 Å². The maximum Gasteiger partial charge on any atom is 0.274 e. The number of anilines is 2. The molecule has 1 heterocycles. The average Bonchev–Trinajstić information content (AvgIpc) is 2.39. The van der Waals surface area contributed by atoms with Crippen LogP contribution in [0.3, 0.4) is 0 Å². The van der Waals surface area contributed by atoms with Crippen molar-refractivity contribution in [2.45, 2.75) is 54.0 Å². The SMILES string of the molecule is Cc1cc(C)c(NC(=O)c2cc(C)nc(NC(C)(C)C)n2)c(C)c1. The molecule has 5 heteroatoms. The number of carbonyl (C=O) groups is 1. The smallest absolute Gasteiger partial charge is 0.274 e. The van der Waals surface area contributed by atoms with Gasteiger partial charge in [-0.05, 0) is 65.7 Å². The lowest BCUT2D eigenvalue weighted by Crippen LogP contribution is -2.28. The largest absolute Gasteiger partial charge is 0.350 e. The number of carbonyl (C=O) groups excluding carboxylic acids is 1. The van der Waals surface area contributed by atoms with Crippen LogP contribution in [0, 0.1) is 27.7 Å². The quantitative estimate of drug-likeness (QED) is 0.888. The summed E-state index contributed by atoms with van der Waals surface area (Å²) in [5, 5.41) is 6.19. The van der Waals surface area contributed by atoms with E-state index in [-0.39, 0.29) is 11.4 Å². The molecule has 1 aromatic heterocycles. The molecule has 24 heavy (non-hydrogen) atoms. The second-order valence-electron chi connectivity index (χ2n) is 7.32. The summed E-state index contributed by atoms with van der Waals surface area (Å²) in [7, 11) is 0. The number of hydrogen-bond donors (Lipinski definition) is 2. The number of aryl methyl sites for hydroxylation is 4. The molecule has 0 aliphatic carbocycles. The minimum absolute atomic E-state index is 0.175. The monoisotopic (exact) mass is 326 g/mol. The van der Waals surface area contributed by atoms with Gasteiger partial charge in [-0.2, -0.15) is 0 Å². The Balaban J connectivity index is 2.31. The first kappa shape index (κ1) is 17.9. The van der Waals surface area contributed by atoms with Crippen LogP contribution in [-0.2, 0) is 0 Å². The van der Waals surface area contributed by atoms with Gasteiger partial charge in [0.05, 0.1) is 0 Å². The van der Waals surface area contributed by atoms with Crippen LogP contribution in [0.5, 0.6) is 0 Å². The van der Waals surface area contributed by atoms with E-state index in [2.05, 4.69) is 32.7 Å². The van der Waals surface area contributed by atoms with Crippen LogP contribution >= 0.6 is 0 Å². The summed E-state index contributed by atoms with van der Waals surface area (Å²) in [6.07, 6.45) is 0. The van der Waals surface area contributed by atoms with Crippen LogP contribution in [0.1, 0.15) is 53.6 Å². The summed E-state index contributed by atoms with van der Waals surface area (Å²) < 4.78 is 0. The van der Waals surface area contributed by atoms with Crippen LogP contribution in [-0.4, -0.2) is 21.4 Å². The summed E-state index contributed by atoms with van der Waals surface area (Å²) in [5.74, 6) is 0.234. The molecule has 0 aliphatic heterocycles. The van der Waals surface area contributed by atoms with Crippen molar-refractivity contribution >= 4 is 17.5 Å². The van der Waals surface area contributed by atoms with E-state index in [1.807, 2.05) is 48.5 Å². The van der Waals surface area contributed by atoms with Crippen LogP contribution in [0.15, 0.2) is 18.2 Å². The Kier molecular flexibility index (Phi) is 4.92. The molecule has 0 bridgehead atoms. The number of nitrogens with zero attached hydrogens (tertiary/aromatic N) is 2. The minimum Gasteiger partial charge on any atom is -0.350 e. The Morgan fingerprint density at radius 3 is 2.08 bits per heavy atom. The zero-order chi connectivity index (χ0) is 18.1. The van der Waals surface area contributed by atoms with E-state index in [1.165, 1.54) is 5.56 Å². The molecule has 0 spiro atoms. The van der Waals surface area contributed by atoms with E-state index in [4.69, 9.17) is 0 Å². The van der Waals surface area contributed by atoms with Crippen molar-refractivity contribution in [1.82, 2.24) is 9.97 Å². The third-order valence-electron chi connectivity index (χ3n) is 3.49. The summed E-state index contributed by atoms with van der Waals surface area (Å²) in [4.78, 5) is 21.4. The highest BCUT2D eigenvalue weighted by molar-refractivity contribution is 6.04. The van der Waals surface area contributed by atoms with Gasteiger partial charge in [0.1, 0.15) is 5.69 Å². The van der Waals surface area contributed by atoms with Crippen molar-refractivity contribution in [3.8, 4) is 0 Å². The first-order valence-corrected chi connectivity index (χ1v) is 8.08. The van der Waals surface area contributed by atoms with E-state index < -0.39 is 0 Å². The predicted octanol–water partition coefficient (Wildman–Crippen LogP) is 4.17. The van der Waals surface area contributed by atoms with Crippen molar-refractivity contribution in [2.24, 2.45) is 0 Å². The van der Waals surface area contributed by atoms with Crippen LogP contribution in [0.25, 0.3) is 0 Å². The molecule has 0 fully saturated rings. The maximum absolute atomic E-state index is 12.6. The standard InChI is InChI=1S/C19H26N4O/c1-11-8-12(2)16(13(3)9-11)22-17(24)15-10-14(4)20-18(21-15)23-19(5,6)7/h8-10H,1-7H3,(H,22,24)(H,20,21,23). The Labute approximate surface area is 143 Å². The van der Waals surface area contributed by atoms with Crippen molar-refractivity contribution < 1.29 is 4.79 Å².